The van der Waals surface area contributed by atoms with Gasteiger partial charge in [0, 0.05) is 29.9 Å². The van der Waals surface area contributed by atoms with Gasteiger partial charge in [-0.25, -0.2) is 4.39 Å². The van der Waals surface area contributed by atoms with Gasteiger partial charge in [0.1, 0.15) is 5.82 Å². The molecule has 3 nitrogen and oxygen atoms in total. The van der Waals surface area contributed by atoms with Crippen molar-refractivity contribution < 1.29 is 22.4 Å². The third kappa shape index (κ3) is 3.57. The van der Waals surface area contributed by atoms with Gasteiger partial charge in [-0.1, -0.05) is 13.0 Å². The highest BCUT2D eigenvalue weighted by molar-refractivity contribution is 5.76. The van der Waals surface area contributed by atoms with E-state index in [1.807, 2.05) is 0 Å². The lowest BCUT2D eigenvalue weighted by Crippen LogP contribution is -2.30. The summed E-state index contributed by atoms with van der Waals surface area (Å²) in [7, 11) is 0. The maximum absolute atomic E-state index is 14.4. The first-order chi connectivity index (χ1) is 12.3. The van der Waals surface area contributed by atoms with Crippen LogP contribution in [0.25, 0.3) is 11.1 Å². The summed E-state index contributed by atoms with van der Waals surface area (Å²) in [5.74, 6) is -1.02. The summed E-state index contributed by atoms with van der Waals surface area (Å²) in [6.07, 6.45) is 1.07. The van der Waals surface area contributed by atoms with Crippen LogP contribution in [-0.2, 0) is 17.4 Å². The first kappa shape index (κ1) is 18.4. The quantitative estimate of drug-likeness (QED) is 0.792. The van der Waals surface area contributed by atoms with Crippen molar-refractivity contribution in [1.82, 2.24) is 10.3 Å². The average Bonchev–Trinajstić information content (AvgIpc) is 2.60. The van der Waals surface area contributed by atoms with E-state index in [1.165, 1.54) is 6.20 Å². The molecule has 26 heavy (non-hydrogen) atoms. The van der Waals surface area contributed by atoms with Gasteiger partial charge in [0.2, 0.25) is 5.91 Å². The zero-order valence-corrected chi connectivity index (χ0v) is 14.2. The Morgan fingerprint density at radius 1 is 1.27 bits per heavy atom. The first-order valence-electron chi connectivity index (χ1n) is 8.44. The zero-order valence-electron chi connectivity index (χ0n) is 14.2. The molecule has 138 valence electrons. The summed E-state index contributed by atoms with van der Waals surface area (Å²) in [4.78, 5) is 15.9. The molecule has 0 fully saturated rings. The highest BCUT2D eigenvalue weighted by Crippen LogP contribution is 2.38. The molecule has 1 aromatic carbocycles. The number of carbonyl (C=O) groups excluding carboxylic acids is 1. The number of hydrogen-bond acceptors (Lipinski definition) is 2. The number of aromatic nitrogens is 1. The minimum absolute atomic E-state index is 0.0878. The van der Waals surface area contributed by atoms with Crippen molar-refractivity contribution in [2.45, 2.75) is 44.8 Å². The number of carbonyl (C=O) groups is 1. The summed E-state index contributed by atoms with van der Waals surface area (Å²) in [6, 6.07) is 2.31. The van der Waals surface area contributed by atoms with Crippen LogP contribution < -0.4 is 5.32 Å². The molecule has 2 aromatic rings. The normalized spacial score (nSPS) is 16.9. The molecule has 1 N–H and O–H groups in total. The number of amides is 1. The summed E-state index contributed by atoms with van der Waals surface area (Å²) in [5.41, 5.74) is 1.17. The number of benzene rings is 1. The molecule has 0 spiro atoms. The van der Waals surface area contributed by atoms with Crippen molar-refractivity contribution in [1.29, 1.82) is 0 Å². The van der Waals surface area contributed by atoms with Gasteiger partial charge >= 0.3 is 6.18 Å². The summed E-state index contributed by atoms with van der Waals surface area (Å²) in [5, 5.41) is 2.93. The molecule has 0 radical (unpaired) electrons. The molecule has 1 heterocycles. The van der Waals surface area contributed by atoms with E-state index in [2.05, 4.69) is 10.3 Å². The Balaban J connectivity index is 2.03. The fraction of sp³-hybridized carbons (Fsp3) is 0.368. The van der Waals surface area contributed by atoms with Crippen molar-refractivity contribution in [3.05, 3.63) is 53.1 Å². The van der Waals surface area contributed by atoms with E-state index in [-0.39, 0.29) is 17.5 Å². The maximum Gasteiger partial charge on any atom is 0.416 e. The van der Waals surface area contributed by atoms with Crippen LogP contribution in [0.15, 0.2) is 30.6 Å². The third-order valence-corrected chi connectivity index (χ3v) is 4.63. The van der Waals surface area contributed by atoms with Crippen molar-refractivity contribution >= 4 is 5.91 Å². The van der Waals surface area contributed by atoms with Crippen molar-refractivity contribution in [3.63, 3.8) is 0 Å². The Bertz CT molecular complexity index is 833. The summed E-state index contributed by atoms with van der Waals surface area (Å²) < 4.78 is 52.7. The Kier molecular flexibility index (Phi) is 4.98. The van der Waals surface area contributed by atoms with Crippen LogP contribution in [0.5, 0.6) is 0 Å². The molecule has 0 bridgehead atoms. The fourth-order valence-corrected chi connectivity index (χ4v) is 3.31. The van der Waals surface area contributed by atoms with Gasteiger partial charge in [-0.3, -0.25) is 9.78 Å². The van der Waals surface area contributed by atoms with Crippen LogP contribution in [0, 0.1) is 5.82 Å². The van der Waals surface area contributed by atoms with E-state index < -0.39 is 17.6 Å². The fourth-order valence-electron chi connectivity index (χ4n) is 3.31. The molecule has 1 aliphatic carbocycles. The Morgan fingerprint density at radius 2 is 2.04 bits per heavy atom. The largest absolute Gasteiger partial charge is 0.416 e. The summed E-state index contributed by atoms with van der Waals surface area (Å²) >= 11 is 0. The van der Waals surface area contributed by atoms with Crippen LogP contribution in [0.2, 0.25) is 0 Å². The topological polar surface area (TPSA) is 42.0 Å². The molecule has 1 atom stereocenters. The predicted octanol–water partition coefficient (Wildman–Crippen LogP) is 4.81. The molecule has 0 saturated heterocycles. The van der Waals surface area contributed by atoms with Crippen LogP contribution in [0.3, 0.4) is 0 Å². The van der Waals surface area contributed by atoms with Crippen LogP contribution in [0.4, 0.5) is 17.6 Å². The number of nitrogens with zero attached hydrogens (tertiary/aromatic N) is 1. The van der Waals surface area contributed by atoms with E-state index in [0.29, 0.717) is 24.5 Å². The molecule has 0 unspecified atom stereocenters. The molecular weight excluding hydrogens is 348 g/mol. The second-order valence-corrected chi connectivity index (χ2v) is 6.31. The van der Waals surface area contributed by atoms with E-state index in [0.717, 1.165) is 36.1 Å². The summed E-state index contributed by atoms with van der Waals surface area (Å²) in [6.45, 7) is 1.76. The minimum Gasteiger partial charge on any atom is -0.349 e. The van der Waals surface area contributed by atoms with Gasteiger partial charge in [-0.05, 0) is 42.5 Å². The lowest BCUT2D eigenvalue weighted by molar-refractivity contribution is -0.137. The second kappa shape index (κ2) is 7.05. The molecule has 1 amide bonds. The molecule has 0 saturated carbocycles. The SMILES string of the molecule is CCC(=O)N[C@H]1CCCc2c(-c3ccc(C(F)(F)F)cc3F)cncc21. The molecule has 0 aliphatic heterocycles. The average molecular weight is 366 g/mol. The van der Waals surface area contributed by atoms with Gasteiger partial charge < -0.3 is 5.32 Å². The number of rotatable bonds is 3. The number of pyridine rings is 1. The Hall–Kier alpha value is -2.44. The maximum atomic E-state index is 14.4. The Morgan fingerprint density at radius 3 is 2.69 bits per heavy atom. The molecular formula is C19H18F4N2O. The highest BCUT2D eigenvalue weighted by atomic mass is 19.4. The molecule has 7 heteroatoms. The highest BCUT2D eigenvalue weighted by Gasteiger charge is 2.32. The van der Waals surface area contributed by atoms with E-state index in [4.69, 9.17) is 0 Å². The van der Waals surface area contributed by atoms with Gasteiger partial charge in [0.05, 0.1) is 11.6 Å². The van der Waals surface area contributed by atoms with Crippen LogP contribution in [0.1, 0.15) is 48.9 Å². The van der Waals surface area contributed by atoms with Crippen molar-refractivity contribution in [3.8, 4) is 11.1 Å². The number of fused-ring (bicyclic) bond motifs is 1. The monoisotopic (exact) mass is 366 g/mol. The number of alkyl halides is 3. The van der Waals surface area contributed by atoms with Crippen LogP contribution >= 0.6 is 0 Å². The Labute approximate surface area is 148 Å². The van der Waals surface area contributed by atoms with Gasteiger partial charge in [-0.15, -0.1) is 0 Å². The zero-order chi connectivity index (χ0) is 18.9. The standard InChI is InChI=1S/C19H18F4N2O/c1-2-18(26)25-17-5-3-4-12-14(9-24-10-15(12)17)13-7-6-11(8-16(13)20)19(21,22)23/h6-10,17H,2-5H2,1H3,(H,25,26)/t17-/m0/s1. The number of nitrogens with one attached hydrogen (secondary N) is 1. The van der Waals surface area contributed by atoms with Crippen LogP contribution in [-0.4, -0.2) is 10.9 Å². The van der Waals surface area contributed by atoms with Crippen molar-refractivity contribution in [2.24, 2.45) is 0 Å². The second-order valence-electron chi connectivity index (χ2n) is 6.31. The first-order valence-corrected chi connectivity index (χ1v) is 8.44. The molecule has 3 rings (SSSR count). The number of halogens is 4. The van der Waals surface area contributed by atoms with E-state index in [1.54, 1.807) is 13.1 Å². The lowest BCUT2D eigenvalue weighted by Gasteiger charge is -2.27. The van der Waals surface area contributed by atoms with E-state index >= 15 is 0 Å². The van der Waals surface area contributed by atoms with Crippen molar-refractivity contribution in [2.75, 3.05) is 0 Å². The minimum atomic E-state index is -4.59. The van der Waals surface area contributed by atoms with E-state index in [9.17, 15) is 22.4 Å². The molecule has 1 aliphatic rings. The number of hydrogen-bond donors (Lipinski definition) is 1. The van der Waals surface area contributed by atoms with Gasteiger partial charge in [0.25, 0.3) is 0 Å². The van der Waals surface area contributed by atoms with Gasteiger partial charge in [0.15, 0.2) is 0 Å². The smallest absolute Gasteiger partial charge is 0.349 e. The lowest BCUT2D eigenvalue weighted by atomic mass is 9.84. The van der Waals surface area contributed by atoms with Gasteiger partial charge in [-0.2, -0.15) is 13.2 Å². The predicted molar refractivity (Wildman–Crippen MR) is 88.7 cm³/mol. The third-order valence-electron chi connectivity index (χ3n) is 4.63. The molecule has 1 aromatic heterocycles.